The van der Waals surface area contributed by atoms with E-state index in [4.69, 9.17) is 26.8 Å². The lowest BCUT2D eigenvalue weighted by atomic mass is 10.1. The summed E-state index contributed by atoms with van der Waals surface area (Å²) < 4.78 is 11.1. The lowest BCUT2D eigenvalue weighted by Gasteiger charge is -2.31. The fourth-order valence-corrected chi connectivity index (χ4v) is 3.65. The standard InChI is InChI=1S/C22H30ClN5O4/c1-21(2,3)31-19(29)27-8-7-14(12-27)28(20(30)32-22(4,5)6)17-10-13-9-16(23)26-18(24)15(13)11-25-17/h9-11,14H,7-8,12H2,1-6H3,(H2,24,26). The molecule has 1 saturated heterocycles. The van der Waals surface area contributed by atoms with Gasteiger partial charge in [0.1, 0.15) is 28.0 Å². The van der Waals surface area contributed by atoms with E-state index in [1.54, 1.807) is 44.0 Å². The van der Waals surface area contributed by atoms with E-state index in [-0.39, 0.29) is 17.0 Å². The molecule has 1 atom stereocenters. The number of likely N-dealkylation sites (tertiary alicyclic amines) is 1. The van der Waals surface area contributed by atoms with Gasteiger partial charge in [-0.05, 0) is 65.5 Å². The minimum Gasteiger partial charge on any atom is -0.444 e. The van der Waals surface area contributed by atoms with Crippen LogP contribution in [0.25, 0.3) is 10.8 Å². The summed E-state index contributed by atoms with van der Waals surface area (Å²) in [6, 6.07) is 3.05. The normalized spacial score (nSPS) is 16.8. The lowest BCUT2D eigenvalue weighted by molar-refractivity contribution is 0.0287. The van der Waals surface area contributed by atoms with E-state index in [9.17, 15) is 9.59 Å². The van der Waals surface area contributed by atoms with Crippen LogP contribution in [0.1, 0.15) is 48.0 Å². The van der Waals surface area contributed by atoms with Gasteiger partial charge < -0.3 is 20.1 Å². The molecule has 2 amide bonds. The first-order valence-corrected chi connectivity index (χ1v) is 10.8. The molecule has 1 unspecified atom stereocenters. The predicted molar refractivity (Wildman–Crippen MR) is 124 cm³/mol. The molecule has 32 heavy (non-hydrogen) atoms. The Labute approximate surface area is 192 Å². The first-order chi connectivity index (χ1) is 14.7. The molecule has 10 heteroatoms. The Morgan fingerprint density at radius 1 is 1.16 bits per heavy atom. The summed E-state index contributed by atoms with van der Waals surface area (Å²) in [6.07, 6.45) is 1.15. The van der Waals surface area contributed by atoms with Crippen LogP contribution in [0, 0.1) is 0 Å². The zero-order chi connectivity index (χ0) is 23.8. The van der Waals surface area contributed by atoms with Crippen molar-refractivity contribution in [2.45, 2.75) is 65.2 Å². The number of nitrogen functional groups attached to an aromatic ring is 1. The first-order valence-electron chi connectivity index (χ1n) is 10.5. The van der Waals surface area contributed by atoms with Crippen molar-refractivity contribution in [2.24, 2.45) is 0 Å². The molecule has 2 aromatic heterocycles. The van der Waals surface area contributed by atoms with E-state index in [2.05, 4.69) is 9.97 Å². The third-order valence-corrected chi connectivity index (χ3v) is 4.91. The zero-order valence-corrected chi connectivity index (χ0v) is 20.1. The fraction of sp³-hybridized carbons (Fsp3) is 0.545. The van der Waals surface area contributed by atoms with Gasteiger partial charge >= 0.3 is 12.2 Å². The van der Waals surface area contributed by atoms with Gasteiger partial charge in [0.25, 0.3) is 0 Å². The maximum absolute atomic E-state index is 13.2. The van der Waals surface area contributed by atoms with Crippen molar-refractivity contribution in [1.82, 2.24) is 14.9 Å². The second-order valence-corrected chi connectivity index (χ2v) is 10.2. The van der Waals surface area contributed by atoms with Crippen LogP contribution in [0.15, 0.2) is 18.3 Å². The van der Waals surface area contributed by atoms with Crippen molar-refractivity contribution in [1.29, 1.82) is 0 Å². The molecule has 0 saturated carbocycles. The van der Waals surface area contributed by atoms with E-state index in [0.29, 0.717) is 36.1 Å². The number of hydrogen-bond donors (Lipinski definition) is 1. The minimum absolute atomic E-state index is 0.243. The molecule has 174 valence electrons. The molecular formula is C22H30ClN5O4. The summed E-state index contributed by atoms with van der Waals surface area (Å²) >= 11 is 6.06. The average Bonchev–Trinajstić information content (AvgIpc) is 3.08. The van der Waals surface area contributed by atoms with E-state index in [1.807, 2.05) is 20.8 Å². The number of nitrogens with zero attached hydrogens (tertiary/aromatic N) is 4. The Morgan fingerprint density at radius 2 is 1.81 bits per heavy atom. The van der Waals surface area contributed by atoms with Gasteiger partial charge in [-0.15, -0.1) is 0 Å². The SMILES string of the molecule is CC(C)(C)OC(=O)N1CCC(N(C(=O)OC(C)(C)C)c2cc3cc(Cl)nc(N)c3cn2)C1. The summed E-state index contributed by atoms with van der Waals surface area (Å²) in [5.41, 5.74) is 4.65. The molecule has 0 spiro atoms. The van der Waals surface area contributed by atoms with Gasteiger partial charge in [0.2, 0.25) is 0 Å². The highest BCUT2D eigenvalue weighted by atomic mass is 35.5. The molecule has 0 bridgehead atoms. The number of aromatic nitrogens is 2. The number of hydrogen-bond acceptors (Lipinski definition) is 7. The van der Waals surface area contributed by atoms with Crippen LogP contribution in [0.5, 0.6) is 0 Å². The molecule has 0 aromatic carbocycles. The van der Waals surface area contributed by atoms with Crippen molar-refractivity contribution >= 4 is 46.2 Å². The van der Waals surface area contributed by atoms with Crippen LogP contribution in [0.4, 0.5) is 21.2 Å². The number of fused-ring (bicyclic) bond motifs is 1. The molecule has 2 aromatic rings. The number of anilines is 2. The van der Waals surface area contributed by atoms with E-state index in [1.165, 1.54) is 4.90 Å². The van der Waals surface area contributed by atoms with Crippen molar-refractivity contribution in [2.75, 3.05) is 23.7 Å². The number of nitrogens with two attached hydrogens (primary N) is 1. The Morgan fingerprint density at radius 3 is 2.44 bits per heavy atom. The van der Waals surface area contributed by atoms with Crippen molar-refractivity contribution in [3.63, 3.8) is 0 Å². The maximum Gasteiger partial charge on any atom is 0.416 e. The van der Waals surface area contributed by atoms with Gasteiger partial charge in [-0.25, -0.2) is 19.6 Å². The second kappa shape index (κ2) is 8.61. The molecule has 0 radical (unpaired) electrons. The Bertz CT molecular complexity index is 1030. The molecule has 0 aliphatic carbocycles. The quantitative estimate of drug-likeness (QED) is 0.647. The number of carbonyl (C=O) groups is 2. The summed E-state index contributed by atoms with van der Waals surface area (Å²) in [4.78, 5) is 37.3. The highest BCUT2D eigenvalue weighted by Crippen LogP contribution is 2.30. The monoisotopic (exact) mass is 463 g/mol. The third-order valence-electron chi connectivity index (χ3n) is 4.72. The van der Waals surface area contributed by atoms with Crippen LogP contribution in [0.3, 0.4) is 0 Å². The molecule has 1 aliphatic rings. The third kappa shape index (κ3) is 5.70. The number of halogens is 1. The van der Waals surface area contributed by atoms with E-state index < -0.39 is 23.4 Å². The van der Waals surface area contributed by atoms with Crippen LogP contribution < -0.4 is 10.6 Å². The van der Waals surface area contributed by atoms with Gasteiger partial charge in [-0.1, -0.05) is 11.6 Å². The molecule has 3 heterocycles. The summed E-state index contributed by atoms with van der Waals surface area (Å²) in [6.45, 7) is 11.6. The largest absolute Gasteiger partial charge is 0.444 e. The minimum atomic E-state index is -0.701. The first kappa shape index (κ1) is 23.8. The van der Waals surface area contributed by atoms with Gasteiger partial charge in [-0.3, -0.25) is 4.90 Å². The summed E-state index contributed by atoms with van der Waals surface area (Å²) in [5.74, 6) is 0.636. The molecule has 3 rings (SSSR count). The average molecular weight is 464 g/mol. The van der Waals surface area contributed by atoms with Crippen molar-refractivity contribution in [3.8, 4) is 0 Å². The number of amides is 2. The summed E-state index contributed by atoms with van der Waals surface area (Å²) in [5, 5.41) is 1.57. The number of rotatable bonds is 2. The maximum atomic E-state index is 13.2. The van der Waals surface area contributed by atoms with Gasteiger partial charge in [0, 0.05) is 24.7 Å². The zero-order valence-electron chi connectivity index (χ0n) is 19.3. The number of ether oxygens (including phenoxy) is 2. The van der Waals surface area contributed by atoms with Crippen molar-refractivity contribution < 1.29 is 19.1 Å². The van der Waals surface area contributed by atoms with Crippen molar-refractivity contribution in [3.05, 3.63) is 23.5 Å². The highest BCUT2D eigenvalue weighted by molar-refractivity contribution is 6.30. The predicted octanol–water partition coefficient (Wildman–Crippen LogP) is 4.62. The molecule has 2 N–H and O–H groups in total. The number of pyridine rings is 2. The van der Waals surface area contributed by atoms with E-state index >= 15 is 0 Å². The fourth-order valence-electron chi connectivity index (χ4n) is 3.45. The molecule has 1 fully saturated rings. The molecular weight excluding hydrogens is 434 g/mol. The smallest absolute Gasteiger partial charge is 0.416 e. The Hall–Kier alpha value is -2.81. The van der Waals surface area contributed by atoms with Crippen LogP contribution in [0.2, 0.25) is 5.15 Å². The van der Waals surface area contributed by atoms with Gasteiger partial charge in [0.05, 0.1) is 6.04 Å². The summed E-state index contributed by atoms with van der Waals surface area (Å²) in [7, 11) is 0. The molecule has 1 aliphatic heterocycles. The van der Waals surface area contributed by atoms with Crippen LogP contribution >= 0.6 is 11.6 Å². The van der Waals surface area contributed by atoms with Gasteiger partial charge in [0.15, 0.2) is 0 Å². The topological polar surface area (TPSA) is 111 Å². The van der Waals surface area contributed by atoms with E-state index in [0.717, 1.165) is 0 Å². The van der Waals surface area contributed by atoms with Crippen LogP contribution in [-0.4, -0.2) is 57.4 Å². The van der Waals surface area contributed by atoms with Crippen LogP contribution in [-0.2, 0) is 9.47 Å². The number of carbonyl (C=O) groups excluding carboxylic acids is 2. The molecule has 9 nitrogen and oxygen atoms in total. The lowest BCUT2D eigenvalue weighted by Crippen LogP contribution is -2.46. The Balaban J connectivity index is 1.94. The Kier molecular flexibility index (Phi) is 6.42. The second-order valence-electron chi connectivity index (χ2n) is 9.81. The highest BCUT2D eigenvalue weighted by Gasteiger charge is 2.38. The van der Waals surface area contributed by atoms with Gasteiger partial charge in [-0.2, -0.15) is 0 Å².